The average molecular weight is 428 g/mol. The van der Waals surface area contributed by atoms with Crippen LogP contribution in [0, 0.1) is 6.92 Å². The molecular weight excluding hydrogens is 412 g/mol. The van der Waals surface area contributed by atoms with Crippen molar-refractivity contribution in [1.82, 2.24) is 4.90 Å². The van der Waals surface area contributed by atoms with E-state index in [9.17, 15) is 19.5 Å². The van der Waals surface area contributed by atoms with Crippen LogP contribution in [-0.2, 0) is 9.59 Å². The Hall–Kier alpha value is -3.17. The Balaban J connectivity index is 1.68. The molecule has 0 radical (unpaired) electrons. The average Bonchev–Trinajstić information content (AvgIpc) is 2.90. The Labute approximate surface area is 176 Å². The summed E-state index contributed by atoms with van der Waals surface area (Å²) in [7, 11) is 0. The van der Waals surface area contributed by atoms with E-state index in [1.165, 1.54) is 17.0 Å². The molecule has 2 amide bonds. The minimum atomic E-state index is -1.28. The highest BCUT2D eigenvalue weighted by Gasteiger charge is 2.33. The van der Waals surface area contributed by atoms with Crippen molar-refractivity contribution >= 4 is 57.8 Å². The lowest BCUT2D eigenvalue weighted by Gasteiger charge is -2.14. The monoisotopic (exact) mass is 428 g/mol. The molecule has 1 aliphatic rings. The Kier molecular flexibility index (Phi) is 6.00. The topological polar surface area (TPSA) is 107 Å². The standard InChI is InChI=1S/C20H16N2O5S2/c1-11-2-4-12(5-3-11)8-16-18(25)22(20(28)29-16)10-17(24)21-13-6-7-14(19(26)27)15(23)9-13/h2-9,23H,10H2,1H3,(H,21,24)(H,26,27)/b16-8-. The minimum absolute atomic E-state index is 0.207. The van der Waals surface area contributed by atoms with Crippen LogP contribution in [-0.4, -0.2) is 43.8 Å². The zero-order valence-corrected chi connectivity index (χ0v) is 16.8. The molecule has 1 saturated heterocycles. The highest BCUT2D eigenvalue weighted by atomic mass is 32.2. The number of phenols is 1. The Morgan fingerprint density at radius 2 is 1.90 bits per heavy atom. The number of amides is 2. The molecule has 3 rings (SSSR count). The van der Waals surface area contributed by atoms with Crippen LogP contribution in [0.5, 0.6) is 5.75 Å². The van der Waals surface area contributed by atoms with Crippen molar-refractivity contribution in [3.8, 4) is 5.75 Å². The van der Waals surface area contributed by atoms with Crippen LogP contribution in [0.25, 0.3) is 6.08 Å². The van der Waals surface area contributed by atoms with E-state index in [-0.39, 0.29) is 28.0 Å². The molecule has 148 valence electrons. The molecule has 3 N–H and O–H groups in total. The molecule has 9 heteroatoms. The van der Waals surface area contributed by atoms with Crippen molar-refractivity contribution in [1.29, 1.82) is 0 Å². The number of aromatic hydroxyl groups is 1. The minimum Gasteiger partial charge on any atom is -0.507 e. The number of thiocarbonyl (C=S) groups is 1. The maximum Gasteiger partial charge on any atom is 0.339 e. The third-order valence-electron chi connectivity index (χ3n) is 4.06. The number of nitrogens with zero attached hydrogens (tertiary/aromatic N) is 1. The number of carboxylic acid groups (broad SMARTS) is 1. The first kappa shape index (κ1) is 20.6. The smallest absolute Gasteiger partial charge is 0.339 e. The van der Waals surface area contributed by atoms with Crippen molar-refractivity contribution in [3.63, 3.8) is 0 Å². The van der Waals surface area contributed by atoms with Crippen molar-refractivity contribution in [2.45, 2.75) is 6.92 Å². The number of anilines is 1. The van der Waals surface area contributed by atoms with Crippen molar-refractivity contribution in [3.05, 3.63) is 64.1 Å². The van der Waals surface area contributed by atoms with Gasteiger partial charge in [0, 0.05) is 11.8 Å². The SMILES string of the molecule is Cc1ccc(/C=C2\SC(=S)N(CC(=O)Nc3ccc(C(=O)O)c(O)c3)C2=O)cc1. The summed E-state index contributed by atoms with van der Waals surface area (Å²) in [6.45, 7) is 1.67. The highest BCUT2D eigenvalue weighted by molar-refractivity contribution is 8.26. The molecule has 2 aromatic rings. The number of carbonyl (C=O) groups is 3. The third kappa shape index (κ3) is 4.82. The summed E-state index contributed by atoms with van der Waals surface area (Å²) in [5.74, 6) is -2.64. The summed E-state index contributed by atoms with van der Waals surface area (Å²) in [5, 5.41) is 21.1. The number of nitrogens with one attached hydrogen (secondary N) is 1. The summed E-state index contributed by atoms with van der Waals surface area (Å²) < 4.78 is 0.271. The maximum absolute atomic E-state index is 12.6. The van der Waals surface area contributed by atoms with E-state index in [1.54, 1.807) is 6.08 Å². The van der Waals surface area contributed by atoms with Crippen molar-refractivity contribution < 1.29 is 24.6 Å². The molecule has 7 nitrogen and oxygen atoms in total. The van der Waals surface area contributed by atoms with Gasteiger partial charge in [-0.15, -0.1) is 0 Å². The van der Waals surface area contributed by atoms with Crippen LogP contribution in [0.15, 0.2) is 47.4 Å². The number of hydrogen-bond donors (Lipinski definition) is 3. The van der Waals surface area contributed by atoms with E-state index < -0.39 is 17.6 Å². The van der Waals surface area contributed by atoms with Crippen LogP contribution in [0.2, 0.25) is 0 Å². The second-order valence-corrected chi connectivity index (χ2v) is 7.94. The highest BCUT2D eigenvalue weighted by Crippen LogP contribution is 2.32. The largest absolute Gasteiger partial charge is 0.507 e. The maximum atomic E-state index is 12.6. The number of carboxylic acids is 1. The van der Waals surface area contributed by atoms with Gasteiger partial charge in [-0.25, -0.2) is 4.79 Å². The molecule has 0 atom stereocenters. The zero-order valence-electron chi connectivity index (χ0n) is 15.2. The lowest BCUT2D eigenvalue weighted by molar-refractivity contribution is -0.126. The second-order valence-electron chi connectivity index (χ2n) is 6.26. The van der Waals surface area contributed by atoms with Crippen molar-refractivity contribution in [2.75, 3.05) is 11.9 Å². The number of thioether (sulfide) groups is 1. The molecule has 0 bridgehead atoms. The Morgan fingerprint density at radius 1 is 1.21 bits per heavy atom. The second kappa shape index (κ2) is 8.46. The van der Waals surface area contributed by atoms with Gasteiger partial charge < -0.3 is 15.5 Å². The predicted octanol–water partition coefficient (Wildman–Crippen LogP) is 3.24. The normalized spacial score (nSPS) is 15.1. The van der Waals surface area contributed by atoms with E-state index in [4.69, 9.17) is 17.3 Å². The Bertz CT molecular complexity index is 1050. The molecule has 1 fully saturated rings. The molecule has 0 unspecified atom stereocenters. The molecule has 29 heavy (non-hydrogen) atoms. The fourth-order valence-corrected chi connectivity index (χ4v) is 3.84. The van der Waals surface area contributed by atoms with Gasteiger partial charge in [-0.3, -0.25) is 14.5 Å². The number of hydrogen-bond acceptors (Lipinski definition) is 6. The van der Waals surface area contributed by atoms with Gasteiger partial charge in [0.25, 0.3) is 5.91 Å². The molecule has 2 aromatic carbocycles. The molecule has 0 aliphatic carbocycles. The van der Waals surface area contributed by atoms with E-state index in [1.807, 2.05) is 31.2 Å². The fraction of sp³-hybridized carbons (Fsp3) is 0.100. The van der Waals surface area contributed by atoms with Crippen LogP contribution in [0.4, 0.5) is 5.69 Å². The quantitative estimate of drug-likeness (QED) is 0.496. The lowest BCUT2D eigenvalue weighted by atomic mass is 10.1. The third-order valence-corrected chi connectivity index (χ3v) is 5.44. The molecular formula is C20H16N2O5S2. The van der Waals surface area contributed by atoms with Gasteiger partial charge in [0.2, 0.25) is 5.91 Å². The van der Waals surface area contributed by atoms with Crippen molar-refractivity contribution in [2.24, 2.45) is 0 Å². The van der Waals surface area contributed by atoms with Gasteiger partial charge in [0.15, 0.2) is 0 Å². The number of aromatic carboxylic acids is 1. The summed E-state index contributed by atoms with van der Waals surface area (Å²) in [5.41, 5.74) is 1.89. The summed E-state index contributed by atoms with van der Waals surface area (Å²) in [4.78, 5) is 37.5. The van der Waals surface area contributed by atoms with Crippen LogP contribution >= 0.6 is 24.0 Å². The number of benzene rings is 2. The molecule has 0 aromatic heterocycles. The van der Waals surface area contributed by atoms with Gasteiger partial charge >= 0.3 is 5.97 Å². The predicted molar refractivity (Wildman–Crippen MR) is 115 cm³/mol. The van der Waals surface area contributed by atoms with Crippen LogP contribution in [0.3, 0.4) is 0 Å². The van der Waals surface area contributed by atoms with Gasteiger partial charge in [-0.1, -0.05) is 53.8 Å². The van der Waals surface area contributed by atoms with E-state index >= 15 is 0 Å². The van der Waals surface area contributed by atoms with E-state index in [0.717, 1.165) is 29.0 Å². The van der Waals surface area contributed by atoms with Crippen LogP contribution < -0.4 is 5.32 Å². The van der Waals surface area contributed by atoms with Crippen LogP contribution in [0.1, 0.15) is 21.5 Å². The summed E-state index contributed by atoms with van der Waals surface area (Å²) in [6, 6.07) is 11.3. The molecule has 1 heterocycles. The Morgan fingerprint density at radius 3 is 2.52 bits per heavy atom. The fourth-order valence-electron chi connectivity index (χ4n) is 2.58. The van der Waals surface area contributed by atoms with Gasteiger partial charge in [-0.05, 0) is 30.7 Å². The van der Waals surface area contributed by atoms with Gasteiger partial charge in [0.05, 0.1) is 4.91 Å². The number of carbonyl (C=O) groups excluding carboxylic acids is 2. The lowest BCUT2D eigenvalue weighted by Crippen LogP contribution is -2.36. The first-order valence-corrected chi connectivity index (χ1v) is 9.65. The zero-order chi connectivity index (χ0) is 21.1. The molecule has 1 aliphatic heterocycles. The number of aryl methyl sites for hydroxylation is 1. The summed E-state index contributed by atoms with van der Waals surface area (Å²) >= 11 is 6.34. The van der Waals surface area contributed by atoms with Gasteiger partial charge in [0.1, 0.15) is 22.2 Å². The van der Waals surface area contributed by atoms with E-state index in [2.05, 4.69) is 5.32 Å². The first-order valence-electron chi connectivity index (χ1n) is 8.43. The summed E-state index contributed by atoms with van der Waals surface area (Å²) in [6.07, 6.45) is 1.72. The van der Waals surface area contributed by atoms with E-state index in [0.29, 0.717) is 4.91 Å². The molecule has 0 saturated carbocycles. The first-order chi connectivity index (χ1) is 13.7. The number of rotatable bonds is 5. The van der Waals surface area contributed by atoms with Gasteiger partial charge in [-0.2, -0.15) is 0 Å². The molecule has 0 spiro atoms.